The first-order valence-corrected chi connectivity index (χ1v) is 10.6. The highest BCUT2D eigenvalue weighted by Gasteiger charge is 2.30. The number of aryl methyl sites for hydroxylation is 1. The second-order valence-electron chi connectivity index (χ2n) is 6.76. The molecule has 30 heavy (non-hydrogen) atoms. The Balaban J connectivity index is 1.89. The zero-order chi connectivity index (χ0) is 21.5. The maximum Gasteiger partial charge on any atom is 0.416 e. The van der Waals surface area contributed by atoms with E-state index in [1.54, 1.807) is 0 Å². The number of hydrogen-bond donors (Lipinski definition) is 0. The summed E-state index contributed by atoms with van der Waals surface area (Å²) in [7, 11) is 0. The summed E-state index contributed by atoms with van der Waals surface area (Å²) in [4.78, 5) is 13.2. The van der Waals surface area contributed by atoms with Gasteiger partial charge in [-0.15, -0.1) is 11.8 Å². The van der Waals surface area contributed by atoms with Crippen molar-refractivity contribution in [3.8, 4) is 11.4 Å². The highest BCUT2D eigenvalue weighted by Crippen LogP contribution is 2.32. The van der Waals surface area contributed by atoms with E-state index in [9.17, 15) is 13.2 Å². The van der Waals surface area contributed by atoms with Crippen molar-refractivity contribution in [2.45, 2.75) is 24.7 Å². The van der Waals surface area contributed by atoms with Crippen molar-refractivity contribution in [1.29, 1.82) is 0 Å². The van der Waals surface area contributed by atoms with Crippen LogP contribution in [0.25, 0.3) is 22.6 Å². The van der Waals surface area contributed by atoms with Crippen LogP contribution in [0, 0.1) is 6.92 Å². The topological polar surface area (TPSA) is 43.6 Å². The quantitative estimate of drug-likeness (QED) is 0.210. The number of rotatable bonds is 4. The molecule has 4 aromatic rings. The number of nitrogens with zero attached hydrogens (tertiary/aromatic N) is 4. The molecule has 0 aliphatic carbocycles. The van der Waals surface area contributed by atoms with E-state index in [0.717, 1.165) is 23.3 Å². The van der Waals surface area contributed by atoms with Crippen molar-refractivity contribution in [2.24, 2.45) is 0 Å². The highest BCUT2D eigenvalue weighted by atomic mass is 35.5. The molecule has 0 saturated carbocycles. The fourth-order valence-electron chi connectivity index (χ4n) is 3.26. The molecule has 0 atom stereocenters. The third-order valence-corrected chi connectivity index (χ3v) is 5.48. The first-order valence-electron chi connectivity index (χ1n) is 8.97. The van der Waals surface area contributed by atoms with Gasteiger partial charge in [0.25, 0.3) is 0 Å². The van der Waals surface area contributed by atoms with E-state index >= 15 is 0 Å². The molecule has 154 valence electrons. The molecule has 0 aliphatic rings. The Labute approximate surface area is 180 Å². The van der Waals surface area contributed by atoms with Crippen LogP contribution >= 0.6 is 23.4 Å². The predicted octanol–water partition coefficient (Wildman–Crippen LogP) is 6.24. The van der Waals surface area contributed by atoms with Gasteiger partial charge in [-0.05, 0) is 48.5 Å². The second-order valence-corrected chi connectivity index (χ2v) is 7.89. The molecule has 0 radical (unpaired) electrons. The normalized spacial score (nSPS) is 11.9. The molecule has 9 heteroatoms. The van der Waals surface area contributed by atoms with E-state index in [1.807, 2.05) is 42.0 Å². The molecular formula is C21H16ClF3N4S. The average Bonchev–Trinajstić information content (AvgIpc) is 3.05. The number of aromatic nitrogens is 4. The lowest BCUT2D eigenvalue weighted by Crippen LogP contribution is -2.07. The van der Waals surface area contributed by atoms with Crippen LogP contribution in [0.15, 0.2) is 53.6 Å². The van der Waals surface area contributed by atoms with Crippen molar-refractivity contribution in [1.82, 2.24) is 19.5 Å². The van der Waals surface area contributed by atoms with Crippen LogP contribution in [0.4, 0.5) is 13.2 Å². The predicted molar refractivity (Wildman–Crippen MR) is 113 cm³/mol. The Morgan fingerprint density at radius 1 is 1.03 bits per heavy atom. The molecule has 0 saturated heterocycles. The van der Waals surface area contributed by atoms with E-state index in [0.29, 0.717) is 34.1 Å². The van der Waals surface area contributed by atoms with Crippen LogP contribution < -0.4 is 0 Å². The van der Waals surface area contributed by atoms with Crippen LogP contribution in [-0.2, 0) is 12.7 Å². The smallest absolute Gasteiger partial charge is 0.316 e. The van der Waals surface area contributed by atoms with Gasteiger partial charge in [-0.1, -0.05) is 35.9 Å². The zero-order valence-electron chi connectivity index (χ0n) is 16.0. The summed E-state index contributed by atoms with van der Waals surface area (Å²) in [6, 6.07) is 13.0. The molecule has 4 rings (SSSR count). The molecule has 4 nitrogen and oxygen atoms in total. The van der Waals surface area contributed by atoms with Gasteiger partial charge in [0.05, 0.1) is 5.56 Å². The Morgan fingerprint density at radius 3 is 2.40 bits per heavy atom. The molecule has 0 unspecified atom stereocenters. The molecule has 2 aromatic heterocycles. The fraction of sp³-hybridized carbons (Fsp3) is 0.190. The van der Waals surface area contributed by atoms with Crippen LogP contribution in [0.5, 0.6) is 0 Å². The van der Waals surface area contributed by atoms with Crippen LogP contribution in [0.2, 0.25) is 5.28 Å². The van der Waals surface area contributed by atoms with Gasteiger partial charge in [0.1, 0.15) is 16.4 Å². The Morgan fingerprint density at radius 2 is 1.77 bits per heavy atom. The summed E-state index contributed by atoms with van der Waals surface area (Å²) in [5.41, 5.74) is 3.11. The van der Waals surface area contributed by atoms with Crippen molar-refractivity contribution in [3.05, 3.63) is 70.5 Å². The second kappa shape index (κ2) is 7.92. The lowest BCUT2D eigenvalue weighted by molar-refractivity contribution is -0.137. The number of imidazole rings is 1. The minimum absolute atomic E-state index is 0.0989. The molecule has 0 N–H and O–H groups in total. The number of fused-ring (bicyclic) bond motifs is 1. The van der Waals surface area contributed by atoms with E-state index in [1.165, 1.54) is 23.9 Å². The third-order valence-electron chi connectivity index (χ3n) is 4.64. The number of hydrogen-bond acceptors (Lipinski definition) is 4. The van der Waals surface area contributed by atoms with Gasteiger partial charge in [0, 0.05) is 12.1 Å². The van der Waals surface area contributed by atoms with Gasteiger partial charge in [0.2, 0.25) is 5.28 Å². The van der Waals surface area contributed by atoms with Crippen molar-refractivity contribution >= 4 is 34.5 Å². The first kappa shape index (κ1) is 20.7. The average molecular weight is 449 g/mol. The van der Waals surface area contributed by atoms with Crippen LogP contribution in [0.3, 0.4) is 0 Å². The summed E-state index contributed by atoms with van der Waals surface area (Å²) in [6.45, 7) is 2.30. The Hall–Kier alpha value is -2.58. The van der Waals surface area contributed by atoms with E-state index in [-0.39, 0.29) is 5.28 Å². The highest BCUT2D eigenvalue weighted by molar-refractivity contribution is 7.98. The monoisotopic (exact) mass is 448 g/mol. The van der Waals surface area contributed by atoms with Crippen LogP contribution in [-0.4, -0.2) is 25.8 Å². The molecule has 0 bridgehead atoms. The maximum absolute atomic E-state index is 12.9. The molecular weight excluding hydrogens is 433 g/mol. The summed E-state index contributed by atoms with van der Waals surface area (Å²) in [5, 5.41) is 0.755. The van der Waals surface area contributed by atoms with E-state index < -0.39 is 11.7 Å². The van der Waals surface area contributed by atoms with Crippen molar-refractivity contribution in [2.75, 3.05) is 6.26 Å². The largest absolute Gasteiger partial charge is 0.416 e. The van der Waals surface area contributed by atoms with Gasteiger partial charge in [0.15, 0.2) is 5.65 Å². The number of benzene rings is 2. The van der Waals surface area contributed by atoms with Crippen LogP contribution in [0.1, 0.15) is 16.7 Å². The summed E-state index contributed by atoms with van der Waals surface area (Å²) < 4.78 is 40.7. The number of thioether (sulfide) groups is 1. The molecule has 0 amide bonds. The summed E-state index contributed by atoms with van der Waals surface area (Å²) in [5.74, 6) is 0.653. The van der Waals surface area contributed by atoms with Gasteiger partial charge in [-0.2, -0.15) is 18.2 Å². The number of halogens is 4. The van der Waals surface area contributed by atoms with Crippen molar-refractivity contribution < 1.29 is 13.2 Å². The minimum atomic E-state index is -4.37. The summed E-state index contributed by atoms with van der Waals surface area (Å²) in [6.07, 6.45) is -2.50. The lowest BCUT2D eigenvalue weighted by Gasteiger charge is -2.12. The maximum atomic E-state index is 12.9. The standard InChI is InChI=1S/C21H16ClF3N4S/c1-12-4-3-5-14(10-12)18-26-17-16(19(30-2)28-20(22)27-17)29(18)11-13-6-8-15(9-7-13)21(23,24)25/h3-10H,11H2,1-2H3. The minimum Gasteiger partial charge on any atom is -0.316 e. The zero-order valence-corrected chi connectivity index (χ0v) is 17.6. The SMILES string of the molecule is CSc1nc(Cl)nc2nc(-c3cccc(C)c3)n(Cc3ccc(C(F)(F)F)cc3)c12. The molecule has 2 aromatic carbocycles. The van der Waals surface area contributed by atoms with Gasteiger partial charge in [-0.25, -0.2) is 9.97 Å². The molecule has 2 heterocycles. The van der Waals surface area contributed by atoms with Gasteiger partial charge < -0.3 is 4.57 Å². The summed E-state index contributed by atoms with van der Waals surface area (Å²) >= 11 is 7.47. The molecule has 0 spiro atoms. The lowest BCUT2D eigenvalue weighted by atomic mass is 10.1. The van der Waals surface area contributed by atoms with Gasteiger partial charge in [-0.3, -0.25) is 0 Å². The molecule has 0 aliphatic heterocycles. The Bertz CT molecular complexity index is 1220. The van der Waals surface area contributed by atoms with E-state index in [2.05, 4.69) is 15.0 Å². The number of alkyl halides is 3. The van der Waals surface area contributed by atoms with E-state index in [4.69, 9.17) is 11.6 Å². The Kier molecular flexibility index (Phi) is 5.46. The fourth-order valence-corrected chi connectivity index (χ4v) is 4.05. The molecule has 0 fully saturated rings. The van der Waals surface area contributed by atoms with Gasteiger partial charge >= 0.3 is 6.18 Å². The van der Waals surface area contributed by atoms with Crippen molar-refractivity contribution in [3.63, 3.8) is 0 Å². The third kappa shape index (κ3) is 4.02. The first-order chi connectivity index (χ1) is 14.3.